The van der Waals surface area contributed by atoms with E-state index in [1.54, 1.807) is 18.2 Å². The molecular weight excluding hydrogens is 374 g/mol. The van der Waals surface area contributed by atoms with Gasteiger partial charge in [0.05, 0.1) is 12.4 Å². The Bertz CT molecular complexity index is 1000. The predicted molar refractivity (Wildman–Crippen MR) is 108 cm³/mol. The molecule has 0 spiro atoms. The highest BCUT2D eigenvalue weighted by Gasteiger charge is 2.19. The SMILES string of the molecule is O=C(CCN1CCN(c2ncc(F)cn2)CC1)Cc1ccc(F)c2ccccc12. The number of carbonyl (C=O) groups is 1. The molecule has 0 amide bonds. The molecule has 1 aliphatic heterocycles. The van der Waals surface area contributed by atoms with Gasteiger partial charge in [-0.1, -0.05) is 30.3 Å². The first-order valence-corrected chi connectivity index (χ1v) is 9.73. The number of anilines is 1. The molecule has 0 bridgehead atoms. The number of ketones is 1. The fourth-order valence-corrected chi connectivity index (χ4v) is 3.70. The van der Waals surface area contributed by atoms with Crippen LogP contribution in [-0.4, -0.2) is 53.4 Å². The Morgan fingerprint density at radius 1 is 0.931 bits per heavy atom. The van der Waals surface area contributed by atoms with E-state index in [4.69, 9.17) is 0 Å². The van der Waals surface area contributed by atoms with Crippen molar-refractivity contribution in [2.24, 2.45) is 0 Å². The van der Waals surface area contributed by atoms with Gasteiger partial charge in [-0.05, 0) is 17.0 Å². The molecule has 150 valence electrons. The van der Waals surface area contributed by atoms with Crippen molar-refractivity contribution in [3.05, 3.63) is 66.0 Å². The van der Waals surface area contributed by atoms with Crippen LogP contribution in [0.3, 0.4) is 0 Å². The topological polar surface area (TPSA) is 49.3 Å². The first kappa shape index (κ1) is 19.4. The molecule has 0 unspecified atom stereocenters. The second kappa shape index (κ2) is 8.61. The number of aromatic nitrogens is 2. The highest BCUT2D eigenvalue weighted by Crippen LogP contribution is 2.22. The van der Waals surface area contributed by atoms with E-state index in [0.717, 1.165) is 37.1 Å². The molecular formula is C22H22F2N4O. The third-order valence-electron chi connectivity index (χ3n) is 5.32. The highest BCUT2D eigenvalue weighted by atomic mass is 19.1. The van der Waals surface area contributed by atoms with Crippen LogP contribution in [-0.2, 0) is 11.2 Å². The first-order chi connectivity index (χ1) is 14.1. The normalized spacial score (nSPS) is 15.0. The second-order valence-corrected chi connectivity index (χ2v) is 7.25. The van der Waals surface area contributed by atoms with Gasteiger partial charge < -0.3 is 4.90 Å². The van der Waals surface area contributed by atoms with E-state index in [-0.39, 0.29) is 11.6 Å². The van der Waals surface area contributed by atoms with Gasteiger partial charge in [0.25, 0.3) is 0 Å². The summed E-state index contributed by atoms with van der Waals surface area (Å²) in [6, 6.07) is 10.4. The van der Waals surface area contributed by atoms with Crippen LogP contribution in [0.1, 0.15) is 12.0 Å². The number of halogens is 2. The van der Waals surface area contributed by atoms with Gasteiger partial charge >= 0.3 is 0 Å². The van der Waals surface area contributed by atoms with E-state index >= 15 is 0 Å². The van der Waals surface area contributed by atoms with Crippen LogP contribution in [0, 0.1) is 11.6 Å². The number of carbonyl (C=O) groups excluding carboxylic acids is 1. The van der Waals surface area contributed by atoms with Crippen molar-refractivity contribution in [1.82, 2.24) is 14.9 Å². The summed E-state index contributed by atoms with van der Waals surface area (Å²) in [5, 5.41) is 1.35. The van der Waals surface area contributed by atoms with Gasteiger partial charge in [-0.25, -0.2) is 18.7 Å². The molecule has 7 heteroatoms. The van der Waals surface area contributed by atoms with Gasteiger partial charge in [0.2, 0.25) is 5.95 Å². The second-order valence-electron chi connectivity index (χ2n) is 7.25. The summed E-state index contributed by atoms with van der Waals surface area (Å²) in [5.41, 5.74) is 0.866. The minimum absolute atomic E-state index is 0.144. The number of hydrogen-bond donors (Lipinski definition) is 0. The summed E-state index contributed by atoms with van der Waals surface area (Å²) >= 11 is 0. The summed E-state index contributed by atoms with van der Waals surface area (Å²) < 4.78 is 26.9. The van der Waals surface area contributed by atoms with Gasteiger partial charge in [-0.3, -0.25) is 9.69 Å². The molecule has 1 aromatic heterocycles. The third kappa shape index (κ3) is 4.56. The maximum atomic E-state index is 13.9. The number of Topliss-reactive ketones (excluding diaryl/α,β-unsaturated/α-hetero) is 1. The van der Waals surface area contributed by atoms with Crippen LogP contribution in [0.4, 0.5) is 14.7 Å². The summed E-state index contributed by atoms with van der Waals surface area (Å²) in [6.07, 6.45) is 3.11. The smallest absolute Gasteiger partial charge is 0.225 e. The van der Waals surface area contributed by atoms with E-state index in [9.17, 15) is 13.6 Å². The summed E-state index contributed by atoms with van der Waals surface area (Å²) in [6.45, 7) is 3.77. The van der Waals surface area contributed by atoms with E-state index in [2.05, 4.69) is 14.9 Å². The molecule has 1 aliphatic rings. The zero-order valence-corrected chi connectivity index (χ0v) is 16.0. The highest BCUT2D eigenvalue weighted by molar-refractivity contribution is 5.91. The lowest BCUT2D eigenvalue weighted by Gasteiger charge is -2.34. The lowest BCUT2D eigenvalue weighted by atomic mass is 9.99. The Morgan fingerprint density at radius 3 is 2.34 bits per heavy atom. The van der Waals surface area contributed by atoms with E-state index in [1.165, 1.54) is 18.5 Å². The Labute approximate surface area is 168 Å². The molecule has 0 N–H and O–H groups in total. The largest absolute Gasteiger partial charge is 0.338 e. The molecule has 3 aromatic rings. The summed E-state index contributed by atoms with van der Waals surface area (Å²) in [5.74, 6) is -0.0315. The molecule has 1 saturated heterocycles. The van der Waals surface area contributed by atoms with Crippen molar-refractivity contribution in [2.75, 3.05) is 37.6 Å². The van der Waals surface area contributed by atoms with Gasteiger partial charge in [0.1, 0.15) is 11.6 Å². The molecule has 1 fully saturated rings. The Morgan fingerprint density at radius 2 is 1.62 bits per heavy atom. The zero-order chi connectivity index (χ0) is 20.2. The van der Waals surface area contributed by atoms with E-state index in [1.807, 2.05) is 17.0 Å². The van der Waals surface area contributed by atoms with Crippen molar-refractivity contribution >= 4 is 22.5 Å². The van der Waals surface area contributed by atoms with E-state index < -0.39 is 5.82 Å². The molecule has 0 radical (unpaired) electrons. The standard InChI is InChI=1S/C22H22F2N4O/c23-17-14-25-22(26-15-17)28-11-9-27(10-12-28)8-7-18(29)13-16-5-6-21(24)20-4-2-1-3-19(16)20/h1-6,14-15H,7-13H2. The fourth-order valence-electron chi connectivity index (χ4n) is 3.70. The average molecular weight is 396 g/mol. The maximum absolute atomic E-state index is 13.9. The molecule has 2 heterocycles. The fraction of sp³-hybridized carbons (Fsp3) is 0.318. The van der Waals surface area contributed by atoms with Crippen LogP contribution in [0.15, 0.2) is 48.8 Å². The minimum Gasteiger partial charge on any atom is -0.338 e. The first-order valence-electron chi connectivity index (χ1n) is 9.73. The van der Waals surface area contributed by atoms with Crippen LogP contribution in [0.5, 0.6) is 0 Å². The molecule has 0 saturated carbocycles. The minimum atomic E-state index is -0.445. The molecule has 0 aliphatic carbocycles. The van der Waals surface area contributed by atoms with Crippen LogP contribution < -0.4 is 4.90 Å². The zero-order valence-electron chi connectivity index (χ0n) is 16.0. The van der Waals surface area contributed by atoms with Gasteiger partial charge in [0, 0.05) is 51.0 Å². The number of fused-ring (bicyclic) bond motifs is 1. The lowest BCUT2D eigenvalue weighted by Crippen LogP contribution is -2.47. The van der Waals surface area contributed by atoms with Crippen LogP contribution >= 0.6 is 0 Å². The summed E-state index contributed by atoms with van der Waals surface area (Å²) in [7, 11) is 0. The number of benzene rings is 2. The van der Waals surface area contributed by atoms with Crippen molar-refractivity contribution in [1.29, 1.82) is 0 Å². The lowest BCUT2D eigenvalue weighted by molar-refractivity contribution is -0.118. The molecule has 5 nitrogen and oxygen atoms in total. The maximum Gasteiger partial charge on any atom is 0.225 e. The molecule has 29 heavy (non-hydrogen) atoms. The quantitative estimate of drug-likeness (QED) is 0.640. The van der Waals surface area contributed by atoms with Crippen LogP contribution in [0.2, 0.25) is 0 Å². The van der Waals surface area contributed by atoms with Crippen molar-refractivity contribution < 1.29 is 13.6 Å². The number of piperazine rings is 1. The van der Waals surface area contributed by atoms with Gasteiger partial charge in [-0.2, -0.15) is 0 Å². The van der Waals surface area contributed by atoms with Crippen molar-refractivity contribution in [2.45, 2.75) is 12.8 Å². The Balaban J connectivity index is 1.29. The monoisotopic (exact) mass is 396 g/mol. The third-order valence-corrected chi connectivity index (χ3v) is 5.32. The number of rotatable bonds is 6. The van der Waals surface area contributed by atoms with Crippen LogP contribution in [0.25, 0.3) is 10.8 Å². The van der Waals surface area contributed by atoms with Gasteiger partial charge in [-0.15, -0.1) is 0 Å². The summed E-state index contributed by atoms with van der Waals surface area (Å²) in [4.78, 5) is 24.8. The molecule has 2 aromatic carbocycles. The molecule has 0 atom stereocenters. The van der Waals surface area contributed by atoms with Crippen molar-refractivity contribution in [3.63, 3.8) is 0 Å². The molecule has 4 rings (SSSR count). The average Bonchev–Trinajstić information content (AvgIpc) is 2.75. The van der Waals surface area contributed by atoms with Crippen molar-refractivity contribution in [3.8, 4) is 0 Å². The Hall–Kier alpha value is -2.93. The Kier molecular flexibility index (Phi) is 5.76. The van der Waals surface area contributed by atoms with E-state index in [0.29, 0.717) is 30.7 Å². The number of nitrogens with zero attached hydrogens (tertiary/aromatic N) is 4. The van der Waals surface area contributed by atoms with Gasteiger partial charge in [0.15, 0.2) is 5.82 Å². The predicted octanol–water partition coefficient (Wildman–Crippen LogP) is 3.23. The number of hydrogen-bond acceptors (Lipinski definition) is 5.